The summed E-state index contributed by atoms with van der Waals surface area (Å²) >= 11 is 0. The molecule has 1 unspecified atom stereocenters. The van der Waals surface area contributed by atoms with Gasteiger partial charge < -0.3 is 14.7 Å². The Morgan fingerprint density at radius 1 is 1.09 bits per heavy atom. The molecule has 2 heterocycles. The third-order valence-corrected chi connectivity index (χ3v) is 5.82. The van der Waals surface area contributed by atoms with Crippen LogP contribution in [0.2, 0.25) is 0 Å². The number of primary sulfonamides is 1. The Bertz CT molecular complexity index is 698. The van der Waals surface area contributed by atoms with E-state index in [2.05, 4.69) is 16.8 Å². The normalized spacial score (nSPS) is 23.6. The fourth-order valence-electron chi connectivity index (χ4n) is 3.13. The lowest BCUT2D eigenvalue weighted by Crippen LogP contribution is -2.45. The molecule has 0 saturated carbocycles. The number of amides is 1. The van der Waals surface area contributed by atoms with Crippen LogP contribution in [0.4, 0.5) is 11.4 Å². The van der Waals surface area contributed by atoms with E-state index in [1.807, 2.05) is 24.3 Å². The van der Waals surface area contributed by atoms with E-state index in [0.717, 1.165) is 37.6 Å². The van der Waals surface area contributed by atoms with Gasteiger partial charge in [0.05, 0.1) is 11.4 Å². The molecule has 8 heteroatoms. The number of carbonyl (C=O) groups is 1. The zero-order valence-corrected chi connectivity index (χ0v) is 14.0. The maximum atomic E-state index is 12.3. The summed E-state index contributed by atoms with van der Waals surface area (Å²) in [5.41, 5.74) is 1.75. The molecule has 2 aliphatic heterocycles. The number of hydrogen-bond acceptors (Lipinski definition) is 5. The molecule has 1 amide bonds. The molecule has 1 aromatic carbocycles. The summed E-state index contributed by atoms with van der Waals surface area (Å²) in [7, 11) is -1.62. The van der Waals surface area contributed by atoms with E-state index in [1.165, 1.54) is 0 Å². The van der Waals surface area contributed by atoms with Gasteiger partial charge in [-0.15, -0.1) is 0 Å². The Balaban J connectivity index is 1.88. The topological polar surface area (TPSA) is 86.9 Å². The van der Waals surface area contributed by atoms with Crippen LogP contribution in [0.3, 0.4) is 0 Å². The fourth-order valence-corrected chi connectivity index (χ4v) is 3.87. The molecular weight excluding hydrogens is 316 g/mol. The van der Waals surface area contributed by atoms with Crippen molar-refractivity contribution in [3.05, 3.63) is 24.3 Å². The van der Waals surface area contributed by atoms with Gasteiger partial charge in [-0.3, -0.25) is 4.79 Å². The van der Waals surface area contributed by atoms with E-state index >= 15 is 0 Å². The molecule has 126 valence electrons. The van der Waals surface area contributed by atoms with Crippen molar-refractivity contribution in [2.45, 2.75) is 11.7 Å². The van der Waals surface area contributed by atoms with Crippen LogP contribution in [0.1, 0.15) is 6.42 Å². The van der Waals surface area contributed by atoms with E-state index in [-0.39, 0.29) is 18.9 Å². The number of nitrogens with two attached hydrogens (primary N) is 1. The largest absolute Gasteiger partial charge is 0.367 e. The average Bonchev–Trinajstić information content (AvgIpc) is 2.90. The smallest absolute Gasteiger partial charge is 0.228 e. The van der Waals surface area contributed by atoms with Crippen molar-refractivity contribution < 1.29 is 13.2 Å². The number of rotatable bonds is 3. The number of anilines is 2. The third kappa shape index (κ3) is 3.34. The van der Waals surface area contributed by atoms with Crippen LogP contribution in [0.5, 0.6) is 0 Å². The van der Waals surface area contributed by atoms with Gasteiger partial charge in [-0.1, -0.05) is 12.1 Å². The number of nitrogens with zero attached hydrogens (tertiary/aromatic N) is 3. The number of sulfonamides is 1. The Morgan fingerprint density at radius 2 is 1.70 bits per heavy atom. The highest BCUT2D eigenvalue weighted by Gasteiger charge is 2.38. The second-order valence-corrected chi connectivity index (χ2v) is 8.04. The zero-order chi connectivity index (χ0) is 16.6. The van der Waals surface area contributed by atoms with Crippen LogP contribution in [-0.2, 0) is 14.8 Å². The van der Waals surface area contributed by atoms with Crippen molar-refractivity contribution in [1.29, 1.82) is 0 Å². The summed E-state index contributed by atoms with van der Waals surface area (Å²) < 4.78 is 23.1. The quantitative estimate of drug-likeness (QED) is 0.827. The lowest BCUT2D eigenvalue weighted by Gasteiger charge is -2.36. The zero-order valence-electron chi connectivity index (χ0n) is 13.2. The SMILES string of the molecule is CN1CCN(c2ccccc2N2CC(S(N)(=O)=O)CC2=O)CC1. The average molecular weight is 338 g/mol. The molecule has 2 aliphatic rings. The van der Waals surface area contributed by atoms with E-state index in [9.17, 15) is 13.2 Å². The predicted molar refractivity (Wildman–Crippen MR) is 90.0 cm³/mol. The molecule has 0 aliphatic carbocycles. The molecule has 0 spiro atoms. The number of benzene rings is 1. The first-order valence-corrected chi connectivity index (χ1v) is 9.31. The van der Waals surface area contributed by atoms with Crippen LogP contribution < -0.4 is 14.9 Å². The minimum absolute atomic E-state index is 0.0457. The molecule has 0 radical (unpaired) electrons. The summed E-state index contributed by atoms with van der Waals surface area (Å²) in [6.45, 7) is 3.81. The van der Waals surface area contributed by atoms with Gasteiger partial charge in [0, 0.05) is 39.1 Å². The highest BCUT2D eigenvalue weighted by Crippen LogP contribution is 2.33. The summed E-state index contributed by atoms with van der Waals surface area (Å²) in [5, 5.41) is 4.39. The lowest BCUT2D eigenvalue weighted by molar-refractivity contribution is -0.117. The lowest BCUT2D eigenvalue weighted by atomic mass is 10.2. The molecule has 3 rings (SSSR count). The number of likely N-dealkylation sites (N-methyl/N-ethyl adjacent to an activating group) is 1. The van der Waals surface area contributed by atoms with Gasteiger partial charge in [0.15, 0.2) is 0 Å². The molecule has 23 heavy (non-hydrogen) atoms. The van der Waals surface area contributed by atoms with Crippen molar-refractivity contribution in [2.75, 3.05) is 49.6 Å². The second kappa shape index (κ2) is 6.10. The van der Waals surface area contributed by atoms with Crippen molar-refractivity contribution >= 4 is 27.3 Å². The molecule has 0 bridgehead atoms. The van der Waals surface area contributed by atoms with Crippen LogP contribution in [0, 0.1) is 0 Å². The molecule has 2 fully saturated rings. The Hall–Kier alpha value is -1.64. The highest BCUT2D eigenvalue weighted by molar-refractivity contribution is 7.89. The first-order valence-electron chi connectivity index (χ1n) is 7.71. The monoisotopic (exact) mass is 338 g/mol. The van der Waals surface area contributed by atoms with Gasteiger partial charge in [-0.2, -0.15) is 0 Å². The first kappa shape index (κ1) is 16.2. The van der Waals surface area contributed by atoms with Gasteiger partial charge in [0.2, 0.25) is 15.9 Å². The molecule has 1 atom stereocenters. The summed E-state index contributed by atoms with van der Waals surface area (Å²) in [5.74, 6) is -0.189. The molecule has 2 saturated heterocycles. The third-order valence-electron chi connectivity index (χ3n) is 4.57. The number of piperazine rings is 1. The molecule has 0 aromatic heterocycles. The summed E-state index contributed by atoms with van der Waals surface area (Å²) in [4.78, 5) is 18.4. The first-order chi connectivity index (χ1) is 10.9. The maximum absolute atomic E-state index is 12.3. The van der Waals surface area contributed by atoms with Crippen molar-refractivity contribution in [2.24, 2.45) is 5.14 Å². The molecular formula is C15H22N4O3S. The van der Waals surface area contributed by atoms with Crippen LogP contribution in [0.25, 0.3) is 0 Å². The maximum Gasteiger partial charge on any atom is 0.228 e. The Labute approximate surface area is 136 Å². The van der Waals surface area contributed by atoms with Crippen molar-refractivity contribution in [3.8, 4) is 0 Å². The van der Waals surface area contributed by atoms with Gasteiger partial charge in [0.25, 0.3) is 0 Å². The van der Waals surface area contributed by atoms with E-state index in [1.54, 1.807) is 4.90 Å². The summed E-state index contributed by atoms with van der Waals surface area (Å²) in [6, 6.07) is 7.66. The Morgan fingerprint density at radius 3 is 2.26 bits per heavy atom. The van der Waals surface area contributed by atoms with E-state index in [0.29, 0.717) is 0 Å². The van der Waals surface area contributed by atoms with E-state index in [4.69, 9.17) is 5.14 Å². The number of carbonyl (C=O) groups excluding carboxylic acids is 1. The fraction of sp³-hybridized carbons (Fsp3) is 0.533. The van der Waals surface area contributed by atoms with Crippen LogP contribution >= 0.6 is 0 Å². The Kier molecular flexibility index (Phi) is 4.31. The standard InChI is InChI=1S/C15H22N4O3S/c1-17-6-8-18(9-7-17)13-4-2-3-5-14(13)19-11-12(10-15(19)20)23(16,21)22/h2-5,12H,6-11H2,1H3,(H2,16,21,22). The number of hydrogen-bond donors (Lipinski definition) is 1. The molecule has 1 aromatic rings. The highest BCUT2D eigenvalue weighted by atomic mass is 32.2. The van der Waals surface area contributed by atoms with Gasteiger partial charge >= 0.3 is 0 Å². The minimum Gasteiger partial charge on any atom is -0.367 e. The van der Waals surface area contributed by atoms with Gasteiger partial charge in [-0.05, 0) is 19.2 Å². The molecule has 2 N–H and O–H groups in total. The van der Waals surface area contributed by atoms with Crippen molar-refractivity contribution in [3.63, 3.8) is 0 Å². The minimum atomic E-state index is -3.70. The van der Waals surface area contributed by atoms with Crippen LogP contribution in [0.15, 0.2) is 24.3 Å². The van der Waals surface area contributed by atoms with E-state index < -0.39 is 15.3 Å². The molecule has 7 nitrogen and oxygen atoms in total. The van der Waals surface area contributed by atoms with Gasteiger partial charge in [0.1, 0.15) is 5.25 Å². The van der Waals surface area contributed by atoms with Gasteiger partial charge in [-0.25, -0.2) is 13.6 Å². The van der Waals surface area contributed by atoms with Crippen molar-refractivity contribution in [1.82, 2.24) is 4.90 Å². The second-order valence-electron chi connectivity index (χ2n) is 6.20. The number of para-hydroxylation sites is 2. The summed E-state index contributed by atoms with van der Waals surface area (Å²) in [6.07, 6.45) is -0.0457. The predicted octanol–water partition coefficient (Wildman–Crippen LogP) is -0.168. The van der Waals surface area contributed by atoms with Crippen LogP contribution in [-0.4, -0.2) is 64.2 Å².